The zero-order chi connectivity index (χ0) is 37.0. The molecule has 0 aliphatic heterocycles. The third kappa shape index (κ3) is 6.70. The SMILES string of the molecule is CCc1ccnc(-n2c3[c-]c(Oc4[c-]c(-n5nc(C)c(-c6c(C)cc(C)cc6C)c5-c5ccccc5)cc(C(C)(C)C)c4)ccc3c3ccccc32)c1.[Pd+2]. The van der Waals surface area contributed by atoms with Crippen molar-refractivity contribution in [1.82, 2.24) is 19.3 Å². The number of nitrogens with zero attached hydrogens (tertiary/aromatic N) is 4. The first-order valence-corrected chi connectivity index (χ1v) is 18.4. The fourth-order valence-electron chi connectivity index (χ4n) is 7.66. The van der Waals surface area contributed by atoms with Crippen molar-refractivity contribution in [1.29, 1.82) is 0 Å². The Kier molecular flexibility index (Phi) is 9.96. The van der Waals surface area contributed by atoms with Gasteiger partial charge in [0.1, 0.15) is 5.82 Å². The van der Waals surface area contributed by atoms with Gasteiger partial charge >= 0.3 is 20.4 Å². The predicted octanol–water partition coefficient (Wildman–Crippen LogP) is 12.2. The van der Waals surface area contributed by atoms with Crippen molar-refractivity contribution in [3.8, 4) is 45.4 Å². The molecule has 3 aromatic heterocycles. The van der Waals surface area contributed by atoms with E-state index in [1.54, 1.807) is 0 Å². The van der Waals surface area contributed by atoms with E-state index in [-0.39, 0.29) is 25.8 Å². The Morgan fingerprint density at radius 2 is 1.44 bits per heavy atom. The zero-order valence-electron chi connectivity index (χ0n) is 32.1. The fourth-order valence-corrected chi connectivity index (χ4v) is 7.66. The summed E-state index contributed by atoms with van der Waals surface area (Å²) >= 11 is 0. The number of benzene rings is 5. The van der Waals surface area contributed by atoms with E-state index in [1.807, 2.05) is 12.3 Å². The molecule has 54 heavy (non-hydrogen) atoms. The molecule has 6 heteroatoms. The molecule has 0 amide bonds. The second-order valence-corrected chi connectivity index (χ2v) is 15.1. The van der Waals surface area contributed by atoms with E-state index in [0.29, 0.717) is 11.5 Å². The predicted molar refractivity (Wildman–Crippen MR) is 218 cm³/mol. The third-order valence-electron chi connectivity index (χ3n) is 10.2. The van der Waals surface area contributed by atoms with E-state index in [0.717, 1.165) is 67.8 Å². The molecule has 5 aromatic carbocycles. The number of aryl methyl sites for hydroxylation is 5. The molecular weight excluding hydrogens is 755 g/mol. The fraction of sp³-hybridized carbons (Fsp3) is 0.208. The molecule has 0 fully saturated rings. The van der Waals surface area contributed by atoms with Crippen LogP contribution in [0, 0.1) is 39.8 Å². The van der Waals surface area contributed by atoms with Crippen molar-refractivity contribution in [2.24, 2.45) is 0 Å². The standard InChI is InChI=1S/C48H44N4O.Pd/c1-9-34-21-22-49-44(25-34)51-42-18-14-13-17-40(42)41-20-19-38(29-43(41)51)53-39-27-36(48(6,7)8)26-37(28-39)52-47(35-15-11-10-12-16-35)46(33(5)50-52)45-31(3)23-30(2)24-32(45)4;/h10-27H,9H2,1-8H3;/q-2;+2. The Hall–Kier alpha value is -5.28. The number of rotatable bonds is 7. The molecule has 0 atom stereocenters. The summed E-state index contributed by atoms with van der Waals surface area (Å²) in [4.78, 5) is 4.79. The summed E-state index contributed by atoms with van der Waals surface area (Å²) in [5, 5.41) is 7.49. The van der Waals surface area contributed by atoms with Crippen LogP contribution in [0.15, 0.2) is 109 Å². The number of pyridine rings is 1. The van der Waals surface area contributed by atoms with Crippen LogP contribution < -0.4 is 4.74 Å². The molecule has 5 nitrogen and oxygen atoms in total. The van der Waals surface area contributed by atoms with Gasteiger partial charge in [-0.15, -0.1) is 41.3 Å². The van der Waals surface area contributed by atoms with Crippen molar-refractivity contribution < 1.29 is 25.2 Å². The van der Waals surface area contributed by atoms with E-state index in [1.165, 1.54) is 27.8 Å². The first-order chi connectivity index (χ1) is 25.5. The molecule has 0 aliphatic rings. The van der Waals surface area contributed by atoms with Crippen molar-refractivity contribution in [2.75, 3.05) is 0 Å². The molecule has 0 saturated heterocycles. The summed E-state index contributed by atoms with van der Waals surface area (Å²) in [6.07, 6.45) is 2.82. The monoisotopic (exact) mass is 798 g/mol. The second-order valence-electron chi connectivity index (χ2n) is 15.1. The number of hydrogen-bond acceptors (Lipinski definition) is 3. The molecule has 0 spiro atoms. The quantitative estimate of drug-likeness (QED) is 0.119. The van der Waals surface area contributed by atoms with E-state index in [9.17, 15) is 0 Å². The minimum absolute atomic E-state index is 0. The Labute approximate surface area is 332 Å². The molecular formula is C48H44N4OPd. The van der Waals surface area contributed by atoms with E-state index < -0.39 is 0 Å². The maximum absolute atomic E-state index is 6.75. The number of ether oxygens (including phenoxy) is 1. The van der Waals surface area contributed by atoms with E-state index in [2.05, 4.69) is 174 Å². The largest absolute Gasteiger partial charge is 2.00 e. The molecule has 272 valence electrons. The van der Waals surface area contributed by atoms with Gasteiger partial charge in [0.2, 0.25) is 0 Å². The van der Waals surface area contributed by atoms with Gasteiger partial charge in [-0.25, -0.2) is 4.98 Å². The molecule has 8 aromatic rings. The third-order valence-corrected chi connectivity index (χ3v) is 10.2. The minimum atomic E-state index is -0.167. The first-order valence-electron chi connectivity index (χ1n) is 18.4. The van der Waals surface area contributed by atoms with Crippen LogP contribution in [0.5, 0.6) is 11.5 Å². The van der Waals surface area contributed by atoms with Gasteiger partial charge in [0, 0.05) is 34.3 Å². The van der Waals surface area contributed by atoms with Crippen LogP contribution >= 0.6 is 0 Å². The van der Waals surface area contributed by atoms with Crippen LogP contribution in [0.1, 0.15) is 61.2 Å². The summed E-state index contributed by atoms with van der Waals surface area (Å²) in [6, 6.07) is 43.4. The maximum atomic E-state index is 6.75. The van der Waals surface area contributed by atoms with Gasteiger partial charge in [0.25, 0.3) is 0 Å². The van der Waals surface area contributed by atoms with Crippen molar-refractivity contribution in [2.45, 2.75) is 67.2 Å². The summed E-state index contributed by atoms with van der Waals surface area (Å²) in [5.74, 6) is 2.08. The first kappa shape index (κ1) is 37.1. The molecule has 0 unspecified atom stereocenters. The summed E-state index contributed by atoms with van der Waals surface area (Å²) < 4.78 is 11.0. The normalized spacial score (nSPS) is 11.6. The molecule has 0 N–H and O–H groups in total. The number of hydrogen-bond donors (Lipinski definition) is 0. The second kappa shape index (κ2) is 14.5. The van der Waals surface area contributed by atoms with Gasteiger partial charge in [0.05, 0.1) is 11.4 Å². The van der Waals surface area contributed by atoms with E-state index in [4.69, 9.17) is 14.8 Å². The maximum Gasteiger partial charge on any atom is 2.00 e. The summed E-state index contributed by atoms with van der Waals surface area (Å²) in [5.41, 5.74) is 14.2. The van der Waals surface area contributed by atoms with Crippen LogP contribution in [0.3, 0.4) is 0 Å². The Bertz CT molecular complexity index is 2640. The summed E-state index contributed by atoms with van der Waals surface area (Å²) in [6.45, 7) is 17.5. The van der Waals surface area contributed by atoms with Gasteiger partial charge in [-0.2, -0.15) is 11.2 Å². The average Bonchev–Trinajstić information content (AvgIpc) is 3.65. The van der Waals surface area contributed by atoms with E-state index >= 15 is 0 Å². The van der Waals surface area contributed by atoms with Crippen molar-refractivity contribution >= 4 is 21.8 Å². The zero-order valence-corrected chi connectivity index (χ0v) is 33.7. The van der Waals surface area contributed by atoms with Crippen LogP contribution in [-0.4, -0.2) is 19.3 Å². The molecule has 0 bridgehead atoms. The minimum Gasteiger partial charge on any atom is -0.509 e. The Morgan fingerprint density at radius 3 is 2.17 bits per heavy atom. The van der Waals surface area contributed by atoms with Gasteiger partial charge in [-0.3, -0.25) is 4.68 Å². The van der Waals surface area contributed by atoms with Crippen LogP contribution in [-0.2, 0) is 32.3 Å². The summed E-state index contributed by atoms with van der Waals surface area (Å²) in [7, 11) is 0. The number of fused-ring (bicyclic) bond motifs is 3. The smallest absolute Gasteiger partial charge is 0.509 e. The number of aromatic nitrogens is 4. The Balaban J connectivity index is 0.00000450. The average molecular weight is 799 g/mol. The molecule has 3 heterocycles. The van der Waals surface area contributed by atoms with Gasteiger partial charge in [-0.1, -0.05) is 99.4 Å². The van der Waals surface area contributed by atoms with Crippen molar-refractivity contribution in [3.63, 3.8) is 0 Å². The van der Waals surface area contributed by atoms with Gasteiger partial charge in [0.15, 0.2) is 0 Å². The molecule has 8 rings (SSSR count). The molecule has 0 radical (unpaired) electrons. The van der Waals surface area contributed by atoms with Crippen molar-refractivity contribution in [3.05, 3.63) is 155 Å². The van der Waals surface area contributed by atoms with Gasteiger partial charge < -0.3 is 9.30 Å². The van der Waals surface area contributed by atoms with Crippen LogP contribution in [0.25, 0.3) is 55.7 Å². The topological polar surface area (TPSA) is 44.9 Å². The molecule has 0 saturated carbocycles. The van der Waals surface area contributed by atoms with Crippen LogP contribution in [0.2, 0.25) is 0 Å². The van der Waals surface area contributed by atoms with Crippen LogP contribution in [0.4, 0.5) is 0 Å². The number of para-hydroxylation sites is 1. The Morgan fingerprint density at radius 1 is 0.722 bits per heavy atom. The molecule has 0 aliphatic carbocycles. The van der Waals surface area contributed by atoms with Gasteiger partial charge in [-0.05, 0) is 91.1 Å².